The summed E-state index contributed by atoms with van der Waals surface area (Å²) >= 11 is 6.04. The van der Waals surface area contributed by atoms with Crippen LogP contribution in [0.25, 0.3) is 0 Å². The quantitative estimate of drug-likeness (QED) is 0.928. The van der Waals surface area contributed by atoms with Gasteiger partial charge >= 0.3 is 5.97 Å². The molecule has 1 N–H and O–H groups in total. The van der Waals surface area contributed by atoms with Crippen LogP contribution in [0, 0.1) is 5.82 Å². The maximum absolute atomic E-state index is 14.1. The third kappa shape index (κ3) is 3.36. The number of carboxylic acids is 1. The van der Waals surface area contributed by atoms with Crippen LogP contribution in [-0.2, 0) is 4.79 Å². The minimum absolute atomic E-state index is 0.0591. The highest BCUT2D eigenvalue weighted by Gasteiger charge is 2.35. The summed E-state index contributed by atoms with van der Waals surface area (Å²) in [4.78, 5) is 15.8. The first-order valence-corrected chi connectivity index (χ1v) is 7.48. The van der Waals surface area contributed by atoms with Gasteiger partial charge in [-0.3, -0.25) is 14.6 Å². The van der Waals surface area contributed by atoms with Crippen molar-refractivity contribution < 1.29 is 14.3 Å². The molecule has 0 amide bonds. The summed E-state index contributed by atoms with van der Waals surface area (Å²) in [5.41, 5.74) is 0.0591. The van der Waals surface area contributed by atoms with E-state index in [-0.39, 0.29) is 16.6 Å². The summed E-state index contributed by atoms with van der Waals surface area (Å²) in [7, 11) is 0. The Labute approximate surface area is 129 Å². The average Bonchev–Trinajstić information content (AvgIpc) is 2.42. The zero-order valence-corrected chi connectivity index (χ0v) is 13.0. The van der Waals surface area contributed by atoms with Crippen molar-refractivity contribution in [1.29, 1.82) is 0 Å². The first kappa shape index (κ1) is 16.2. The van der Waals surface area contributed by atoms with E-state index in [1.54, 1.807) is 4.90 Å². The molecule has 2 unspecified atom stereocenters. The second-order valence-electron chi connectivity index (χ2n) is 5.35. The van der Waals surface area contributed by atoms with E-state index in [1.807, 2.05) is 0 Å². The highest BCUT2D eigenvalue weighted by atomic mass is 35.5. The number of carboxylic acid groups (broad SMARTS) is 1. The Balaban J connectivity index is 2.31. The van der Waals surface area contributed by atoms with Gasteiger partial charge in [0.1, 0.15) is 11.9 Å². The van der Waals surface area contributed by atoms with Gasteiger partial charge in [0.05, 0.1) is 0 Å². The third-order valence-corrected chi connectivity index (χ3v) is 4.40. The van der Waals surface area contributed by atoms with Crippen molar-refractivity contribution in [2.24, 2.45) is 0 Å². The standard InChI is InChI=1S/C15H20ClFN2O2/c1-3-18-7-8-19(9-10(18)2)14(15(20)21)13-11(16)5-4-6-12(13)17/h4-6,10,14H,3,7-9H2,1-2H3,(H,20,21). The number of likely N-dealkylation sites (N-methyl/N-ethyl adjacent to an activating group) is 1. The largest absolute Gasteiger partial charge is 0.480 e. The number of hydrogen-bond donors (Lipinski definition) is 1. The average molecular weight is 315 g/mol. The van der Waals surface area contributed by atoms with Crippen LogP contribution in [0.5, 0.6) is 0 Å². The van der Waals surface area contributed by atoms with Gasteiger partial charge in [-0.1, -0.05) is 24.6 Å². The minimum Gasteiger partial charge on any atom is -0.480 e. The molecule has 0 radical (unpaired) electrons. The summed E-state index contributed by atoms with van der Waals surface area (Å²) in [6.45, 7) is 6.99. The van der Waals surface area contributed by atoms with E-state index in [0.29, 0.717) is 13.1 Å². The molecule has 4 nitrogen and oxygen atoms in total. The number of nitrogens with zero attached hydrogens (tertiary/aromatic N) is 2. The molecular weight excluding hydrogens is 295 g/mol. The predicted molar refractivity (Wildman–Crippen MR) is 80.1 cm³/mol. The predicted octanol–water partition coefficient (Wildman–Crippen LogP) is 2.63. The second-order valence-corrected chi connectivity index (χ2v) is 5.76. The Morgan fingerprint density at radius 1 is 1.52 bits per heavy atom. The fourth-order valence-corrected chi connectivity index (χ4v) is 3.23. The van der Waals surface area contributed by atoms with E-state index in [1.165, 1.54) is 18.2 Å². The van der Waals surface area contributed by atoms with Crippen LogP contribution in [0.2, 0.25) is 5.02 Å². The molecule has 0 aromatic heterocycles. The molecule has 1 aliphatic heterocycles. The van der Waals surface area contributed by atoms with E-state index in [9.17, 15) is 14.3 Å². The molecule has 1 fully saturated rings. The van der Waals surface area contributed by atoms with Gasteiger partial charge in [-0.15, -0.1) is 0 Å². The second kappa shape index (κ2) is 6.73. The summed E-state index contributed by atoms with van der Waals surface area (Å²) in [6, 6.07) is 3.46. The lowest BCUT2D eigenvalue weighted by molar-refractivity contribution is -0.145. The molecule has 1 aliphatic rings. The summed E-state index contributed by atoms with van der Waals surface area (Å²) in [5, 5.41) is 9.72. The fourth-order valence-electron chi connectivity index (χ4n) is 2.96. The van der Waals surface area contributed by atoms with Crippen molar-refractivity contribution in [3.63, 3.8) is 0 Å². The van der Waals surface area contributed by atoms with Gasteiger partial charge in [0.2, 0.25) is 0 Å². The Kier molecular flexibility index (Phi) is 5.19. The van der Waals surface area contributed by atoms with Crippen molar-refractivity contribution >= 4 is 17.6 Å². The van der Waals surface area contributed by atoms with Crippen molar-refractivity contribution in [2.45, 2.75) is 25.9 Å². The van der Waals surface area contributed by atoms with Crippen LogP contribution in [0.1, 0.15) is 25.5 Å². The minimum atomic E-state index is -1.07. The van der Waals surface area contributed by atoms with Crippen LogP contribution in [0.3, 0.4) is 0 Å². The molecule has 2 rings (SSSR count). The number of rotatable bonds is 4. The van der Waals surface area contributed by atoms with E-state index >= 15 is 0 Å². The van der Waals surface area contributed by atoms with Gasteiger partial charge in [-0.05, 0) is 25.6 Å². The molecule has 0 spiro atoms. The first-order valence-electron chi connectivity index (χ1n) is 7.10. The van der Waals surface area contributed by atoms with Crippen LogP contribution >= 0.6 is 11.6 Å². The Bertz CT molecular complexity index is 506. The van der Waals surface area contributed by atoms with Gasteiger partial charge in [0, 0.05) is 36.3 Å². The van der Waals surface area contributed by atoms with Gasteiger partial charge < -0.3 is 5.11 Å². The fraction of sp³-hybridized carbons (Fsp3) is 0.533. The molecule has 1 heterocycles. The number of carbonyl (C=O) groups is 1. The molecule has 21 heavy (non-hydrogen) atoms. The molecule has 1 aromatic carbocycles. The van der Waals surface area contributed by atoms with E-state index in [4.69, 9.17) is 11.6 Å². The molecule has 1 aromatic rings. The SMILES string of the molecule is CCN1CCN(C(C(=O)O)c2c(F)cccc2Cl)CC1C. The zero-order valence-electron chi connectivity index (χ0n) is 12.2. The van der Waals surface area contributed by atoms with Crippen molar-refractivity contribution in [1.82, 2.24) is 9.80 Å². The number of aliphatic carboxylic acids is 1. The molecule has 116 valence electrons. The summed E-state index contributed by atoms with van der Waals surface area (Å²) in [6.07, 6.45) is 0. The summed E-state index contributed by atoms with van der Waals surface area (Å²) in [5.74, 6) is -1.64. The molecule has 0 saturated carbocycles. The van der Waals surface area contributed by atoms with Crippen LogP contribution in [-0.4, -0.2) is 53.1 Å². The van der Waals surface area contributed by atoms with Crippen molar-refractivity contribution in [3.05, 3.63) is 34.6 Å². The monoisotopic (exact) mass is 314 g/mol. The molecule has 0 aliphatic carbocycles. The van der Waals surface area contributed by atoms with E-state index in [2.05, 4.69) is 18.7 Å². The highest BCUT2D eigenvalue weighted by Crippen LogP contribution is 2.31. The zero-order chi connectivity index (χ0) is 15.6. The number of hydrogen-bond acceptors (Lipinski definition) is 3. The lowest BCUT2D eigenvalue weighted by Crippen LogP contribution is -2.53. The van der Waals surface area contributed by atoms with Gasteiger partial charge in [-0.25, -0.2) is 4.39 Å². The topological polar surface area (TPSA) is 43.8 Å². The van der Waals surface area contributed by atoms with E-state index < -0.39 is 17.8 Å². The lowest BCUT2D eigenvalue weighted by atomic mass is 10.0. The molecular formula is C15H20ClFN2O2. The molecule has 6 heteroatoms. The summed E-state index contributed by atoms with van der Waals surface area (Å²) < 4.78 is 14.1. The molecule has 1 saturated heterocycles. The maximum Gasteiger partial charge on any atom is 0.325 e. The third-order valence-electron chi connectivity index (χ3n) is 4.07. The molecule has 2 atom stereocenters. The number of piperazine rings is 1. The lowest BCUT2D eigenvalue weighted by Gasteiger charge is -2.41. The highest BCUT2D eigenvalue weighted by molar-refractivity contribution is 6.31. The first-order chi connectivity index (χ1) is 9.95. The Hall–Kier alpha value is -1.17. The number of halogens is 2. The van der Waals surface area contributed by atoms with Crippen LogP contribution < -0.4 is 0 Å². The normalized spacial score (nSPS) is 22.2. The Morgan fingerprint density at radius 3 is 2.76 bits per heavy atom. The van der Waals surface area contributed by atoms with Crippen molar-refractivity contribution in [3.8, 4) is 0 Å². The Morgan fingerprint density at radius 2 is 2.24 bits per heavy atom. The van der Waals surface area contributed by atoms with Crippen molar-refractivity contribution in [2.75, 3.05) is 26.2 Å². The van der Waals surface area contributed by atoms with E-state index in [0.717, 1.165) is 13.1 Å². The molecule has 0 bridgehead atoms. The van der Waals surface area contributed by atoms with Crippen LogP contribution in [0.4, 0.5) is 4.39 Å². The van der Waals surface area contributed by atoms with Gasteiger partial charge in [0.15, 0.2) is 0 Å². The van der Waals surface area contributed by atoms with Crippen LogP contribution in [0.15, 0.2) is 18.2 Å². The van der Waals surface area contributed by atoms with Gasteiger partial charge in [0.25, 0.3) is 0 Å². The van der Waals surface area contributed by atoms with Gasteiger partial charge in [-0.2, -0.15) is 0 Å². The maximum atomic E-state index is 14.1. The smallest absolute Gasteiger partial charge is 0.325 e. The number of benzene rings is 1.